The molecule has 0 radical (unpaired) electrons. The molecule has 2 heterocycles. The molecule has 0 unspecified atom stereocenters. The molecule has 2 amide bonds. The zero-order chi connectivity index (χ0) is 17.8. The predicted molar refractivity (Wildman–Crippen MR) is 94.8 cm³/mol. The van der Waals surface area contributed by atoms with Gasteiger partial charge in [0.1, 0.15) is 6.04 Å². The molecule has 1 aliphatic heterocycles. The number of amides is 2. The predicted octanol–water partition coefficient (Wildman–Crippen LogP) is 2.55. The summed E-state index contributed by atoms with van der Waals surface area (Å²) in [6.45, 7) is 4.38. The number of carbonyl (C=O) groups is 2. The van der Waals surface area contributed by atoms with Crippen molar-refractivity contribution in [1.29, 1.82) is 0 Å². The second-order valence-electron chi connectivity index (χ2n) is 6.08. The van der Waals surface area contributed by atoms with E-state index in [1.165, 1.54) is 11.3 Å². The topological polar surface area (TPSA) is 76.7 Å². The highest BCUT2D eigenvalue weighted by Crippen LogP contribution is 2.32. The summed E-state index contributed by atoms with van der Waals surface area (Å²) in [6.07, 6.45) is 0. The number of fused-ring (bicyclic) bond motifs is 1. The largest absolute Gasteiger partial charge is 0.454 e. The lowest BCUT2D eigenvalue weighted by Gasteiger charge is -2.21. The zero-order valence-electron chi connectivity index (χ0n) is 14.1. The van der Waals surface area contributed by atoms with E-state index < -0.39 is 6.04 Å². The molecule has 0 spiro atoms. The average molecular weight is 360 g/mol. The van der Waals surface area contributed by atoms with Crippen molar-refractivity contribution in [3.05, 3.63) is 46.2 Å². The molecule has 0 bridgehead atoms. The van der Waals surface area contributed by atoms with E-state index in [0.717, 1.165) is 5.56 Å². The molecule has 0 fully saturated rings. The van der Waals surface area contributed by atoms with E-state index in [-0.39, 0.29) is 24.5 Å². The van der Waals surface area contributed by atoms with E-state index in [1.807, 2.05) is 43.5 Å². The summed E-state index contributed by atoms with van der Waals surface area (Å²) < 4.78 is 10.6. The first-order chi connectivity index (χ1) is 12.0. The molecule has 1 aromatic heterocycles. The minimum absolute atomic E-state index is 0.0272. The third-order valence-electron chi connectivity index (χ3n) is 3.88. The molecule has 1 aromatic carbocycles. The molecule has 0 saturated carbocycles. The highest BCUT2D eigenvalue weighted by molar-refractivity contribution is 7.12. The van der Waals surface area contributed by atoms with Crippen LogP contribution in [0.3, 0.4) is 0 Å². The van der Waals surface area contributed by atoms with Gasteiger partial charge in [0.2, 0.25) is 12.7 Å². The minimum atomic E-state index is -0.594. The van der Waals surface area contributed by atoms with Crippen molar-refractivity contribution in [2.45, 2.75) is 26.4 Å². The monoisotopic (exact) mass is 360 g/mol. The fourth-order valence-corrected chi connectivity index (χ4v) is 3.13. The maximum absolute atomic E-state index is 12.5. The van der Waals surface area contributed by atoms with E-state index in [1.54, 1.807) is 6.07 Å². The fraction of sp³-hybridized carbons (Fsp3) is 0.333. The van der Waals surface area contributed by atoms with Crippen molar-refractivity contribution in [3.8, 4) is 11.5 Å². The molecule has 0 saturated heterocycles. The van der Waals surface area contributed by atoms with Gasteiger partial charge in [-0.25, -0.2) is 0 Å². The molecule has 6 nitrogen and oxygen atoms in total. The van der Waals surface area contributed by atoms with Crippen LogP contribution < -0.4 is 20.1 Å². The first-order valence-corrected chi connectivity index (χ1v) is 8.93. The Balaban J connectivity index is 1.60. The number of rotatable bonds is 6. The Hall–Kier alpha value is -2.54. The maximum Gasteiger partial charge on any atom is 0.262 e. The van der Waals surface area contributed by atoms with E-state index in [4.69, 9.17) is 9.47 Å². The van der Waals surface area contributed by atoms with Gasteiger partial charge in [-0.3, -0.25) is 9.59 Å². The molecule has 3 rings (SSSR count). The Bertz CT molecular complexity index is 758. The van der Waals surface area contributed by atoms with E-state index in [0.29, 0.717) is 22.9 Å². The summed E-state index contributed by atoms with van der Waals surface area (Å²) in [6, 6.07) is 8.50. The molecule has 0 aliphatic carbocycles. The van der Waals surface area contributed by atoms with Crippen LogP contribution in [0.25, 0.3) is 0 Å². The number of ether oxygens (including phenoxy) is 2. The third kappa shape index (κ3) is 4.11. The Morgan fingerprint density at radius 3 is 2.72 bits per heavy atom. The van der Waals surface area contributed by atoms with E-state index in [2.05, 4.69) is 10.6 Å². The zero-order valence-corrected chi connectivity index (χ0v) is 14.9. The van der Waals surface area contributed by atoms with Crippen LogP contribution in [0.1, 0.15) is 29.1 Å². The Labute approximate surface area is 150 Å². The summed E-state index contributed by atoms with van der Waals surface area (Å²) in [4.78, 5) is 25.3. The molecule has 1 atom stereocenters. The van der Waals surface area contributed by atoms with Crippen molar-refractivity contribution in [1.82, 2.24) is 10.6 Å². The van der Waals surface area contributed by atoms with Gasteiger partial charge in [-0.05, 0) is 35.1 Å². The smallest absolute Gasteiger partial charge is 0.262 e. The lowest BCUT2D eigenvalue weighted by molar-refractivity contribution is -0.124. The van der Waals surface area contributed by atoms with Gasteiger partial charge >= 0.3 is 0 Å². The van der Waals surface area contributed by atoms with Gasteiger partial charge in [0.25, 0.3) is 5.91 Å². The van der Waals surface area contributed by atoms with Crippen molar-refractivity contribution in [2.75, 3.05) is 6.79 Å². The highest BCUT2D eigenvalue weighted by atomic mass is 32.1. The van der Waals surface area contributed by atoms with Gasteiger partial charge in [0.15, 0.2) is 11.5 Å². The Morgan fingerprint density at radius 1 is 1.20 bits per heavy atom. The number of carbonyl (C=O) groups excluding carboxylic acids is 2. The van der Waals surface area contributed by atoms with Gasteiger partial charge < -0.3 is 20.1 Å². The van der Waals surface area contributed by atoms with Crippen molar-refractivity contribution in [2.24, 2.45) is 5.92 Å². The number of hydrogen-bond acceptors (Lipinski definition) is 5. The molecule has 1 aliphatic rings. The van der Waals surface area contributed by atoms with Crippen LogP contribution in [0.5, 0.6) is 11.5 Å². The number of benzene rings is 1. The van der Waals surface area contributed by atoms with E-state index in [9.17, 15) is 9.59 Å². The summed E-state index contributed by atoms with van der Waals surface area (Å²) in [5, 5.41) is 7.52. The Kier molecular flexibility index (Phi) is 5.23. The van der Waals surface area contributed by atoms with Crippen LogP contribution in [0.15, 0.2) is 35.7 Å². The van der Waals surface area contributed by atoms with Gasteiger partial charge in [-0.2, -0.15) is 0 Å². The normalized spacial score (nSPS) is 13.6. The molecular formula is C18H20N2O4S. The third-order valence-corrected chi connectivity index (χ3v) is 4.75. The van der Waals surface area contributed by atoms with Crippen LogP contribution in [0, 0.1) is 5.92 Å². The van der Waals surface area contributed by atoms with Crippen LogP contribution in [-0.4, -0.2) is 24.6 Å². The number of hydrogen-bond donors (Lipinski definition) is 2. The lowest BCUT2D eigenvalue weighted by atomic mass is 10.0. The van der Waals surface area contributed by atoms with Crippen molar-refractivity contribution < 1.29 is 19.1 Å². The quantitative estimate of drug-likeness (QED) is 0.830. The summed E-state index contributed by atoms with van der Waals surface area (Å²) in [5.41, 5.74) is 0.907. The molecule has 7 heteroatoms. The van der Waals surface area contributed by atoms with Gasteiger partial charge in [-0.1, -0.05) is 26.0 Å². The van der Waals surface area contributed by atoms with Gasteiger partial charge in [0.05, 0.1) is 4.88 Å². The van der Waals surface area contributed by atoms with Crippen LogP contribution >= 0.6 is 11.3 Å². The fourth-order valence-electron chi connectivity index (χ4n) is 2.51. The van der Waals surface area contributed by atoms with Crippen LogP contribution in [-0.2, 0) is 11.3 Å². The SMILES string of the molecule is CC(C)[C@@H](NC(=O)c1cccs1)C(=O)NCc1ccc2c(c1)OCO2. The first-order valence-electron chi connectivity index (χ1n) is 8.05. The molecule has 2 aromatic rings. The van der Waals surface area contributed by atoms with Crippen LogP contribution in [0.2, 0.25) is 0 Å². The molecule has 132 valence electrons. The average Bonchev–Trinajstić information content (AvgIpc) is 3.27. The summed E-state index contributed by atoms with van der Waals surface area (Å²) in [5.74, 6) is 0.918. The Morgan fingerprint density at radius 2 is 2.00 bits per heavy atom. The number of thiophene rings is 1. The maximum atomic E-state index is 12.5. The first kappa shape index (κ1) is 17.3. The van der Waals surface area contributed by atoms with Crippen molar-refractivity contribution in [3.63, 3.8) is 0 Å². The lowest BCUT2D eigenvalue weighted by Crippen LogP contribution is -2.49. The number of nitrogens with one attached hydrogen (secondary N) is 2. The molecular weight excluding hydrogens is 340 g/mol. The molecule has 2 N–H and O–H groups in total. The summed E-state index contributed by atoms with van der Waals surface area (Å²) in [7, 11) is 0. The van der Waals surface area contributed by atoms with Gasteiger partial charge in [0, 0.05) is 6.54 Å². The second kappa shape index (κ2) is 7.57. The molecule has 25 heavy (non-hydrogen) atoms. The van der Waals surface area contributed by atoms with Crippen LogP contribution in [0.4, 0.5) is 0 Å². The van der Waals surface area contributed by atoms with Gasteiger partial charge in [-0.15, -0.1) is 11.3 Å². The second-order valence-corrected chi connectivity index (χ2v) is 7.03. The minimum Gasteiger partial charge on any atom is -0.454 e. The highest BCUT2D eigenvalue weighted by Gasteiger charge is 2.25. The van der Waals surface area contributed by atoms with E-state index >= 15 is 0 Å². The standard InChI is InChI=1S/C18H20N2O4S/c1-11(2)16(20-17(21)15-4-3-7-25-15)18(22)19-9-12-5-6-13-14(8-12)24-10-23-13/h3-8,11,16H,9-10H2,1-2H3,(H,19,22)(H,20,21)/t16-/m1/s1. The summed E-state index contributed by atoms with van der Waals surface area (Å²) >= 11 is 1.35. The van der Waals surface area contributed by atoms with Crippen molar-refractivity contribution >= 4 is 23.2 Å².